The Kier molecular flexibility index (Phi) is 5.11. The Hall–Kier alpha value is -1.92. The SMILES string of the molecule is CC(NC(=O)C1(CN)CCOCC1)c1nc2ccccc2n1C(C)C. The van der Waals surface area contributed by atoms with Crippen molar-refractivity contribution in [3.8, 4) is 0 Å². The lowest BCUT2D eigenvalue weighted by atomic mass is 9.79. The molecule has 1 amide bonds. The topological polar surface area (TPSA) is 82.2 Å². The Labute approximate surface area is 148 Å². The molecule has 1 aromatic heterocycles. The molecule has 3 rings (SSSR count). The molecule has 6 nitrogen and oxygen atoms in total. The summed E-state index contributed by atoms with van der Waals surface area (Å²) in [7, 11) is 0. The molecule has 3 N–H and O–H groups in total. The molecule has 0 bridgehead atoms. The van der Waals surface area contributed by atoms with E-state index >= 15 is 0 Å². The smallest absolute Gasteiger partial charge is 0.228 e. The predicted octanol–water partition coefficient (Wildman–Crippen LogP) is 2.55. The second kappa shape index (κ2) is 7.14. The summed E-state index contributed by atoms with van der Waals surface area (Å²) >= 11 is 0. The van der Waals surface area contributed by atoms with Gasteiger partial charge >= 0.3 is 0 Å². The van der Waals surface area contributed by atoms with E-state index in [4.69, 9.17) is 15.5 Å². The highest BCUT2D eigenvalue weighted by Gasteiger charge is 2.39. The number of benzene rings is 1. The van der Waals surface area contributed by atoms with E-state index in [0.717, 1.165) is 16.9 Å². The number of carbonyl (C=O) groups is 1. The summed E-state index contributed by atoms with van der Waals surface area (Å²) in [5, 5.41) is 3.16. The van der Waals surface area contributed by atoms with Crippen LogP contribution in [-0.2, 0) is 9.53 Å². The molecule has 6 heteroatoms. The quantitative estimate of drug-likeness (QED) is 0.873. The van der Waals surface area contributed by atoms with Crippen LogP contribution in [0.25, 0.3) is 11.0 Å². The average Bonchev–Trinajstić information content (AvgIpc) is 3.02. The molecule has 1 saturated heterocycles. The van der Waals surface area contributed by atoms with Crippen LogP contribution in [0.15, 0.2) is 24.3 Å². The fraction of sp³-hybridized carbons (Fsp3) is 0.579. The molecule has 136 valence electrons. The maximum absolute atomic E-state index is 12.9. The predicted molar refractivity (Wildman–Crippen MR) is 98.2 cm³/mol. The van der Waals surface area contributed by atoms with Crippen molar-refractivity contribution in [1.29, 1.82) is 0 Å². The lowest BCUT2D eigenvalue weighted by molar-refractivity contribution is -0.136. The van der Waals surface area contributed by atoms with Gasteiger partial charge in [0.15, 0.2) is 0 Å². The van der Waals surface area contributed by atoms with Crippen LogP contribution in [0.4, 0.5) is 0 Å². The number of hydrogen-bond acceptors (Lipinski definition) is 4. The maximum Gasteiger partial charge on any atom is 0.228 e. The molecule has 25 heavy (non-hydrogen) atoms. The van der Waals surface area contributed by atoms with Gasteiger partial charge < -0.3 is 20.4 Å². The summed E-state index contributed by atoms with van der Waals surface area (Å²) in [6.07, 6.45) is 1.34. The monoisotopic (exact) mass is 344 g/mol. The molecule has 2 heterocycles. The van der Waals surface area contributed by atoms with Gasteiger partial charge in [-0.2, -0.15) is 0 Å². The molecule has 1 unspecified atom stereocenters. The molecule has 0 aliphatic carbocycles. The van der Waals surface area contributed by atoms with Gasteiger partial charge in [-0.15, -0.1) is 0 Å². The highest BCUT2D eigenvalue weighted by Crippen LogP contribution is 2.31. The molecule has 1 aliphatic heterocycles. The first kappa shape index (κ1) is 17.9. The summed E-state index contributed by atoms with van der Waals surface area (Å²) in [5.74, 6) is 0.886. The van der Waals surface area contributed by atoms with Gasteiger partial charge in [0.25, 0.3) is 0 Å². The number of nitrogens with zero attached hydrogens (tertiary/aromatic N) is 2. The second-order valence-electron chi connectivity index (χ2n) is 7.21. The first-order valence-corrected chi connectivity index (χ1v) is 9.04. The standard InChI is InChI=1S/C19H28N4O2/c1-13(2)23-16-7-5-4-6-15(16)22-17(23)14(3)21-18(24)19(12-20)8-10-25-11-9-19/h4-7,13-14H,8-12,20H2,1-3H3,(H,21,24). The number of rotatable bonds is 5. The summed E-state index contributed by atoms with van der Waals surface area (Å²) < 4.78 is 7.60. The number of para-hydroxylation sites is 2. The third-order valence-corrected chi connectivity index (χ3v) is 5.20. The Morgan fingerprint density at radius 3 is 2.64 bits per heavy atom. The normalized spacial score (nSPS) is 18.4. The Balaban J connectivity index is 1.88. The van der Waals surface area contributed by atoms with Crippen LogP contribution < -0.4 is 11.1 Å². The van der Waals surface area contributed by atoms with Crippen molar-refractivity contribution in [1.82, 2.24) is 14.9 Å². The molecular weight excluding hydrogens is 316 g/mol. The average molecular weight is 344 g/mol. The van der Waals surface area contributed by atoms with Crippen LogP contribution in [0.5, 0.6) is 0 Å². The number of nitrogens with one attached hydrogen (secondary N) is 1. The number of aromatic nitrogens is 2. The Bertz CT molecular complexity index is 747. The van der Waals surface area contributed by atoms with Gasteiger partial charge in [-0.3, -0.25) is 4.79 Å². The number of amides is 1. The van der Waals surface area contributed by atoms with E-state index < -0.39 is 5.41 Å². The fourth-order valence-corrected chi connectivity index (χ4v) is 3.61. The molecular formula is C19H28N4O2. The molecule has 1 aromatic carbocycles. The molecule has 0 spiro atoms. The third kappa shape index (κ3) is 3.28. The minimum atomic E-state index is -0.527. The lowest BCUT2D eigenvalue weighted by Gasteiger charge is -2.35. The molecule has 0 saturated carbocycles. The Morgan fingerprint density at radius 1 is 1.32 bits per heavy atom. The van der Waals surface area contributed by atoms with Crippen molar-refractivity contribution in [2.24, 2.45) is 11.1 Å². The van der Waals surface area contributed by atoms with Crippen molar-refractivity contribution in [2.45, 2.75) is 45.7 Å². The molecule has 1 atom stereocenters. The zero-order valence-electron chi connectivity index (χ0n) is 15.3. The highest BCUT2D eigenvalue weighted by molar-refractivity contribution is 5.83. The van der Waals surface area contributed by atoms with Gasteiger partial charge in [0.1, 0.15) is 5.82 Å². The van der Waals surface area contributed by atoms with E-state index in [9.17, 15) is 4.79 Å². The zero-order valence-corrected chi connectivity index (χ0v) is 15.3. The van der Waals surface area contributed by atoms with Crippen molar-refractivity contribution >= 4 is 16.9 Å². The molecule has 1 fully saturated rings. The van der Waals surface area contributed by atoms with E-state index in [1.54, 1.807) is 0 Å². The molecule has 0 radical (unpaired) electrons. The number of ether oxygens (including phenoxy) is 1. The number of imidazole rings is 1. The number of hydrogen-bond donors (Lipinski definition) is 2. The van der Waals surface area contributed by atoms with Gasteiger partial charge in [0, 0.05) is 25.8 Å². The van der Waals surface area contributed by atoms with E-state index in [2.05, 4.69) is 29.8 Å². The number of carbonyl (C=O) groups excluding carboxylic acids is 1. The van der Waals surface area contributed by atoms with E-state index in [1.165, 1.54) is 0 Å². The van der Waals surface area contributed by atoms with Crippen LogP contribution in [0.3, 0.4) is 0 Å². The minimum absolute atomic E-state index is 0.00756. The van der Waals surface area contributed by atoms with Crippen molar-refractivity contribution in [3.63, 3.8) is 0 Å². The second-order valence-corrected chi connectivity index (χ2v) is 7.21. The first-order valence-electron chi connectivity index (χ1n) is 9.04. The van der Waals surface area contributed by atoms with Crippen LogP contribution in [0.1, 0.15) is 51.5 Å². The fourth-order valence-electron chi connectivity index (χ4n) is 3.61. The zero-order chi connectivity index (χ0) is 18.0. The van der Waals surface area contributed by atoms with Gasteiger partial charge in [-0.1, -0.05) is 12.1 Å². The lowest BCUT2D eigenvalue weighted by Crippen LogP contribution is -2.49. The highest BCUT2D eigenvalue weighted by atomic mass is 16.5. The summed E-state index contributed by atoms with van der Waals surface area (Å²) in [4.78, 5) is 17.7. The van der Waals surface area contributed by atoms with Crippen LogP contribution in [-0.4, -0.2) is 35.2 Å². The summed E-state index contributed by atoms with van der Waals surface area (Å²) in [6, 6.07) is 8.15. The van der Waals surface area contributed by atoms with E-state index in [0.29, 0.717) is 32.6 Å². The van der Waals surface area contributed by atoms with Gasteiger partial charge in [-0.05, 0) is 45.7 Å². The maximum atomic E-state index is 12.9. The largest absolute Gasteiger partial charge is 0.381 e. The van der Waals surface area contributed by atoms with Gasteiger partial charge in [-0.25, -0.2) is 4.98 Å². The van der Waals surface area contributed by atoms with E-state index in [-0.39, 0.29) is 18.0 Å². The molecule has 1 aliphatic rings. The summed E-state index contributed by atoms with van der Waals surface area (Å²) in [6.45, 7) is 7.77. The van der Waals surface area contributed by atoms with Gasteiger partial charge in [0.2, 0.25) is 5.91 Å². The minimum Gasteiger partial charge on any atom is -0.381 e. The van der Waals surface area contributed by atoms with Crippen molar-refractivity contribution in [2.75, 3.05) is 19.8 Å². The summed E-state index contributed by atoms with van der Waals surface area (Å²) in [5.41, 5.74) is 7.47. The Morgan fingerprint density at radius 2 is 2.00 bits per heavy atom. The van der Waals surface area contributed by atoms with Crippen molar-refractivity contribution < 1.29 is 9.53 Å². The number of fused-ring (bicyclic) bond motifs is 1. The number of nitrogens with two attached hydrogens (primary N) is 1. The molecule has 2 aromatic rings. The first-order chi connectivity index (χ1) is 12.0. The van der Waals surface area contributed by atoms with Crippen molar-refractivity contribution in [3.05, 3.63) is 30.1 Å². The van der Waals surface area contributed by atoms with Crippen LogP contribution in [0, 0.1) is 5.41 Å². The van der Waals surface area contributed by atoms with Gasteiger partial charge in [0.05, 0.1) is 22.5 Å². The van der Waals surface area contributed by atoms with Crippen LogP contribution in [0.2, 0.25) is 0 Å². The third-order valence-electron chi connectivity index (χ3n) is 5.20. The van der Waals surface area contributed by atoms with Crippen LogP contribution >= 0.6 is 0 Å². The van der Waals surface area contributed by atoms with E-state index in [1.807, 2.05) is 25.1 Å².